The van der Waals surface area contributed by atoms with Gasteiger partial charge in [0.1, 0.15) is 10.8 Å². The highest BCUT2D eigenvalue weighted by Crippen LogP contribution is 2.33. The van der Waals surface area contributed by atoms with E-state index in [1.165, 1.54) is 41.2 Å². The lowest BCUT2D eigenvalue weighted by Gasteiger charge is -2.23. The van der Waals surface area contributed by atoms with Gasteiger partial charge in [-0.1, -0.05) is 41.7 Å². The lowest BCUT2D eigenvalue weighted by Crippen LogP contribution is -2.22. The summed E-state index contributed by atoms with van der Waals surface area (Å²) >= 11 is 1.30. The normalized spacial score (nSPS) is 17.1. The Hall–Kier alpha value is -2.64. The van der Waals surface area contributed by atoms with Crippen LogP contribution >= 0.6 is 11.3 Å². The molecule has 0 unspecified atom stereocenters. The van der Waals surface area contributed by atoms with Crippen molar-refractivity contribution in [2.24, 2.45) is 0 Å². The van der Waals surface area contributed by atoms with Crippen molar-refractivity contribution in [2.75, 3.05) is 11.9 Å². The number of likely N-dealkylation sites (tertiary alicyclic amines) is 1. The van der Waals surface area contributed by atoms with Crippen molar-refractivity contribution in [1.29, 1.82) is 0 Å². The number of nitrogens with one attached hydrogen (secondary N) is 1. The van der Waals surface area contributed by atoms with E-state index in [0.717, 1.165) is 24.4 Å². The van der Waals surface area contributed by atoms with Gasteiger partial charge < -0.3 is 5.32 Å². The number of carbonyl (C=O) groups excluding carboxylic acids is 1. The molecule has 0 aliphatic carbocycles. The summed E-state index contributed by atoms with van der Waals surface area (Å²) in [5.41, 5.74) is 1.84. The molecule has 0 saturated carbocycles. The van der Waals surface area contributed by atoms with E-state index in [4.69, 9.17) is 0 Å². The van der Waals surface area contributed by atoms with Crippen LogP contribution in [0.5, 0.6) is 0 Å². The van der Waals surface area contributed by atoms with Crippen LogP contribution in [0.2, 0.25) is 0 Å². The van der Waals surface area contributed by atoms with Gasteiger partial charge in [0.15, 0.2) is 0 Å². The number of amides is 1. The third-order valence-electron chi connectivity index (χ3n) is 4.65. The first kappa shape index (κ1) is 17.8. The Kier molecular flexibility index (Phi) is 5.22. The minimum absolute atomic E-state index is 0.310. The second-order valence-electron chi connectivity index (χ2n) is 6.50. The molecule has 1 saturated heterocycles. The molecule has 2 heterocycles. The summed E-state index contributed by atoms with van der Waals surface area (Å²) in [6.07, 6.45) is 2.27. The topological polar surface area (TPSA) is 58.1 Å². The SMILES string of the molecule is O=C(Nc1ccc(F)cc1)c1nnc(CN2CCC[C@@H]2c2ccccc2)s1. The molecule has 0 bridgehead atoms. The zero-order valence-electron chi connectivity index (χ0n) is 14.6. The number of aromatic nitrogens is 2. The Morgan fingerprint density at radius 1 is 1.15 bits per heavy atom. The summed E-state index contributed by atoms with van der Waals surface area (Å²) in [5, 5.41) is 12.1. The zero-order valence-corrected chi connectivity index (χ0v) is 15.5. The molecule has 1 aliphatic rings. The van der Waals surface area contributed by atoms with Gasteiger partial charge in [0.25, 0.3) is 5.91 Å². The van der Waals surface area contributed by atoms with Crippen LogP contribution in [0.3, 0.4) is 0 Å². The molecule has 1 aromatic heterocycles. The second kappa shape index (κ2) is 7.94. The van der Waals surface area contributed by atoms with Gasteiger partial charge in [0, 0.05) is 11.7 Å². The molecule has 1 N–H and O–H groups in total. The fourth-order valence-corrected chi connectivity index (χ4v) is 4.13. The minimum Gasteiger partial charge on any atom is -0.320 e. The quantitative estimate of drug-likeness (QED) is 0.716. The number of nitrogens with zero attached hydrogens (tertiary/aromatic N) is 3. The highest BCUT2D eigenvalue weighted by Gasteiger charge is 2.27. The number of hydrogen-bond donors (Lipinski definition) is 1. The number of carbonyl (C=O) groups is 1. The maximum atomic E-state index is 13.0. The third-order valence-corrected chi connectivity index (χ3v) is 5.56. The van der Waals surface area contributed by atoms with Gasteiger partial charge in [-0.15, -0.1) is 10.2 Å². The molecular formula is C20H19FN4OS. The maximum absolute atomic E-state index is 13.0. The molecule has 27 heavy (non-hydrogen) atoms. The van der Waals surface area contributed by atoms with Crippen molar-refractivity contribution in [2.45, 2.75) is 25.4 Å². The van der Waals surface area contributed by atoms with Gasteiger partial charge >= 0.3 is 0 Å². The lowest BCUT2D eigenvalue weighted by atomic mass is 10.0. The van der Waals surface area contributed by atoms with Gasteiger partial charge in [0.2, 0.25) is 5.01 Å². The fraction of sp³-hybridized carbons (Fsp3) is 0.250. The summed E-state index contributed by atoms with van der Waals surface area (Å²) in [6, 6.07) is 16.5. The first-order chi connectivity index (χ1) is 13.2. The van der Waals surface area contributed by atoms with E-state index in [1.54, 1.807) is 0 Å². The van der Waals surface area contributed by atoms with Crippen LogP contribution in [-0.2, 0) is 6.54 Å². The molecule has 1 aliphatic heterocycles. The monoisotopic (exact) mass is 382 g/mol. The van der Waals surface area contributed by atoms with E-state index in [9.17, 15) is 9.18 Å². The van der Waals surface area contributed by atoms with E-state index in [1.807, 2.05) is 6.07 Å². The molecule has 4 rings (SSSR count). The Labute approximate surface area is 160 Å². The molecule has 5 nitrogen and oxygen atoms in total. The Morgan fingerprint density at radius 3 is 2.70 bits per heavy atom. The standard InChI is InChI=1S/C20H19FN4OS/c21-15-8-10-16(11-9-15)22-19(26)20-24-23-18(27-20)13-25-12-4-7-17(25)14-5-2-1-3-6-14/h1-3,5-6,8-11,17H,4,7,12-13H2,(H,22,26)/t17-/m1/s1. The Balaban J connectivity index is 1.41. The van der Waals surface area contributed by atoms with Crippen LogP contribution in [0.15, 0.2) is 54.6 Å². The van der Waals surface area contributed by atoms with Crippen LogP contribution < -0.4 is 5.32 Å². The van der Waals surface area contributed by atoms with Gasteiger partial charge in [-0.25, -0.2) is 4.39 Å². The van der Waals surface area contributed by atoms with Gasteiger partial charge in [-0.05, 0) is 49.2 Å². The second-order valence-corrected chi connectivity index (χ2v) is 7.56. The van der Waals surface area contributed by atoms with E-state index >= 15 is 0 Å². The largest absolute Gasteiger partial charge is 0.320 e. The predicted octanol–water partition coefficient (Wildman–Crippen LogP) is 4.27. The third kappa shape index (κ3) is 4.20. The van der Waals surface area contributed by atoms with Crippen molar-refractivity contribution in [3.63, 3.8) is 0 Å². The molecule has 0 spiro atoms. The number of anilines is 1. The average molecular weight is 382 g/mol. The molecule has 3 aromatic rings. The summed E-state index contributed by atoms with van der Waals surface area (Å²) in [4.78, 5) is 14.7. The van der Waals surface area contributed by atoms with Gasteiger partial charge in [-0.2, -0.15) is 0 Å². The minimum atomic E-state index is -0.343. The van der Waals surface area contributed by atoms with Crippen LogP contribution in [0, 0.1) is 5.82 Å². The van der Waals surface area contributed by atoms with Crippen molar-refractivity contribution >= 4 is 22.9 Å². The van der Waals surface area contributed by atoms with Crippen molar-refractivity contribution < 1.29 is 9.18 Å². The molecule has 2 aromatic carbocycles. The zero-order chi connectivity index (χ0) is 18.6. The summed E-state index contributed by atoms with van der Waals surface area (Å²) in [7, 11) is 0. The summed E-state index contributed by atoms with van der Waals surface area (Å²) in [5.74, 6) is -0.670. The van der Waals surface area contributed by atoms with E-state index < -0.39 is 0 Å². The van der Waals surface area contributed by atoms with Crippen LogP contribution in [0.4, 0.5) is 10.1 Å². The van der Waals surface area contributed by atoms with E-state index in [0.29, 0.717) is 23.3 Å². The molecule has 1 amide bonds. The first-order valence-corrected chi connectivity index (χ1v) is 9.69. The Morgan fingerprint density at radius 2 is 1.93 bits per heavy atom. The highest BCUT2D eigenvalue weighted by molar-refractivity contribution is 7.13. The fourth-order valence-electron chi connectivity index (χ4n) is 3.37. The summed E-state index contributed by atoms with van der Waals surface area (Å²) < 4.78 is 13.0. The number of benzene rings is 2. The van der Waals surface area contributed by atoms with Crippen molar-refractivity contribution in [3.05, 3.63) is 76.0 Å². The molecule has 1 atom stereocenters. The number of halogens is 1. The number of rotatable bonds is 5. The Bertz CT molecular complexity index is 913. The highest BCUT2D eigenvalue weighted by atomic mass is 32.1. The molecule has 138 valence electrons. The number of hydrogen-bond acceptors (Lipinski definition) is 5. The van der Waals surface area contributed by atoms with Gasteiger partial charge in [-0.3, -0.25) is 9.69 Å². The molecule has 7 heteroatoms. The predicted molar refractivity (Wildman–Crippen MR) is 103 cm³/mol. The molecule has 1 fully saturated rings. The van der Waals surface area contributed by atoms with Crippen LogP contribution in [0.25, 0.3) is 0 Å². The summed E-state index contributed by atoms with van der Waals surface area (Å²) in [6.45, 7) is 1.69. The maximum Gasteiger partial charge on any atom is 0.286 e. The first-order valence-electron chi connectivity index (χ1n) is 8.87. The lowest BCUT2D eigenvalue weighted by molar-refractivity contribution is 0.102. The smallest absolute Gasteiger partial charge is 0.286 e. The van der Waals surface area contributed by atoms with E-state index in [-0.39, 0.29) is 11.7 Å². The van der Waals surface area contributed by atoms with Crippen molar-refractivity contribution in [1.82, 2.24) is 15.1 Å². The van der Waals surface area contributed by atoms with Crippen LogP contribution in [0.1, 0.15) is 39.3 Å². The average Bonchev–Trinajstić information content (AvgIpc) is 3.34. The van der Waals surface area contributed by atoms with Crippen LogP contribution in [-0.4, -0.2) is 27.5 Å². The molecule has 0 radical (unpaired) electrons. The van der Waals surface area contributed by atoms with E-state index in [2.05, 4.69) is 44.7 Å². The van der Waals surface area contributed by atoms with Gasteiger partial charge in [0.05, 0.1) is 6.54 Å². The van der Waals surface area contributed by atoms with Crippen molar-refractivity contribution in [3.8, 4) is 0 Å². The molecular weight excluding hydrogens is 363 g/mol.